The number of carboxylic acids is 1. The number of hydrogen-bond acceptors (Lipinski definition) is 4. The SMILES string of the molecule is CCCN[C@@H](CC(=O)OCc1ccccc1)C(=O)O. The van der Waals surface area contributed by atoms with Gasteiger partial charge >= 0.3 is 11.9 Å². The average Bonchev–Trinajstić information content (AvgIpc) is 2.42. The maximum absolute atomic E-state index is 11.6. The lowest BCUT2D eigenvalue weighted by atomic mass is 10.2. The predicted molar refractivity (Wildman–Crippen MR) is 70.6 cm³/mol. The molecule has 1 aromatic carbocycles. The molecule has 104 valence electrons. The van der Waals surface area contributed by atoms with Gasteiger partial charge in [-0.3, -0.25) is 9.59 Å². The van der Waals surface area contributed by atoms with Crippen molar-refractivity contribution in [3.8, 4) is 0 Å². The summed E-state index contributed by atoms with van der Waals surface area (Å²) in [4.78, 5) is 22.5. The Morgan fingerprint density at radius 3 is 2.58 bits per heavy atom. The maximum Gasteiger partial charge on any atom is 0.321 e. The van der Waals surface area contributed by atoms with E-state index >= 15 is 0 Å². The monoisotopic (exact) mass is 265 g/mol. The number of ether oxygens (including phenoxy) is 1. The van der Waals surface area contributed by atoms with Crippen LogP contribution in [0.4, 0.5) is 0 Å². The highest BCUT2D eigenvalue weighted by molar-refractivity contribution is 5.81. The molecule has 0 bridgehead atoms. The Labute approximate surface area is 112 Å². The molecule has 19 heavy (non-hydrogen) atoms. The fourth-order valence-corrected chi connectivity index (χ4v) is 1.53. The molecule has 0 radical (unpaired) electrons. The fraction of sp³-hybridized carbons (Fsp3) is 0.429. The maximum atomic E-state index is 11.6. The highest BCUT2D eigenvalue weighted by Crippen LogP contribution is 2.03. The molecular weight excluding hydrogens is 246 g/mol. The van der Waals surface area contributed by atoms with Crippen LogP contribution >= 0.6 is 0 Å². The van der Waals surface area contributed by atoms with Crippen LogP contribution < -0.4 is 5.32 Å². The number of carbonyl (C=O) groups is 2. The summed E-state index contributed by atoms with van der Waals surface area (Å²) in [7, 11) is 0. The molecule has 1 rings (SSSR count). The Hall–Kier alpha value is -1.88. The summed E-state index contributed by atoms with van der Waals surface area (Å²) < 4.78 is 5.05. The molecule has 1 aromatic rings. The zero-order valence-corrected chi connectivity index (χ0v) is 11.0. The average molecular weight is 265 g/mol. The van der Waals surface area contributed by atoms with E-state index in [1.165, 1.54) is 0 Å². The van der Waals surface area contributed by atoms with E-state index < -0.39 is 18.0 Å². The van der Waals surface area contributed by atoms with Crippen LogP contribution in [0.2, 0.25) is 0 Å². The Morgan fingerprint density at radius 1 is 1.32 bits per heavy atom. The van der Waals surface area contributed by atoms with Gasteiger partial charge in [0.2, 0.25) is 0 Å². The van der Waals surface area contributed by atoms with Gasteiger partial charge in [-0.2, -0.15) is 0 Å². The standard InChI is InChI=1S/C14H19NO4/c1-2-8-15-12(14(17)18)9-13(16)19-10-11-6-4-3-5-7-11/h3-7,12,15H,2,8-10H2,1H3,(H,17,18)/t12-/m0/s1. The molecular formula is C14H19NO4. The number of rotatable bonds is 8. The van der Waals surface area contributed by atoms with E-state index in [1.54, 1.807) is 0 Å². The van der Waals surface area contributed by atoms with Crippen LogP contribution in [-0.2, 0) is 20.9 Å². The molecule has 0 fully saturated rings. The minimum absolute atomic E-state index is 0.165. The van der Waals surface area contributed by atoms with Crippen molar-refractivity contribution in [3.05, 3.63) is 35.9 Å². The summed E-state index contributed by atoms with van der Waals surface area (Å²) in [6.07, 6.45) is 0.644. The Morgan fingerprint density at radius 2 is 2.00 bits per heavy atom. The van der Waals surface area contributed by atoms with Gasteiger partial charge in [0.1, 0.15) is 12.6 Å². The van der Waals surface area contributed by atoms with Gasteiger partial charge in [-0.1, -0.05) is 37.3 Å². The Bertz CT molecular complexity index is 405. The lowest BCUT2D eigenvalue weighted by Crippen LogP contribution is -2.39. The van der Waals surface area contributed by atoms with Crippen LogP contribution in [0.15, 0.2) is 30.3 Å². The zero-order valence-electron chi connectivity index (χ0n) is 11.0. The summed E-state index contributed by atoms with van der Waals surface area (Å²) in [5, 5.41) is 11.8. The quantitative estimate of drug-likeness (QED) is 0.698. The molecule has 0 unspecified atom stereocenters. The molecule has 0 heterocycles. The lowest BCUT2D eigenvalue weighted by Gasteiger charge is -2.13. The molecule has 5 heteroatoms. The van der Waals surface area contributed by atoms with Crippen LogP contribution in [0.1, 0.15) is 25.3 Å². The molecule has 0 aliphatic carbocycles. The van der Waals surface area contributed by atoms with Crippen molar-refractivity contribution in [2.45, 2.75) is 32.4 Å². The van der Waals surface area contributed by atoms with Gasteiger partial charge in [-0.05, 0) is 18.5 Å². The number of hydrogen-bond donors (Lipinski definition) is 2. The van der Waals surface area contributed by atoms with Crippen molar-refractivity contribution < 1.29 is 19.4 Å². The van der Waals surface area contributed by atoms with E-state index in [2.05, 4.69) is 5.32 Å². The summed E-state index contributed by atoms with van der Waals surface area (Å²) in [5.41, 5.74) is 0.879. The zero-order chi connectivity index (χ0) is 14.1. The largest absolute Gasteiger partial charge is 0.480 e. The summed E-state index contributed by atoms with van der Waals surface area (Å²) in [5.74, 6) is -1.55. The van der Waals surface area contributed by atoms with Gasteiger partial charge in [0.15, 0.2) is 0 Å². The number of benzene rings is 1. The second-order valence-corrected chi connectivity index (χ2v) is 4.20. The van der Waals surface area contributed by atoms with Crippen LogP contribution in [0.25, 0.3) is 0 Å². The Kier molecular flexibility index (Phi) is 6.60. The van der Waals surface area contributed by atoms with Gasteiger partial charge < -0.3 is 15.2 Å². The van der Waals surface area contributed by atoms with Crippen molar-refractivity contribution in [1.29, 1.82) is 0 Å². The molecule has 2 N–H and O–H groups in total. The van der Waals surface area contributed by atoms with Crippen molar-refractivity contribution in [2.75, 3.05) is 6.54 Å². The molecule has 0 amide bonds. The van der Waals surface area contributed by atoms with Crippen molar-refractivity contribution in [1.82, 2.24) is 5.32 Å². The first-order chi connectivity index (χ1) is 9.13. The molecule has 0 saturated heterocycles. The summed E-state index contributed by atoms with van der Waals surface area (Å²) >= 11 is 0. The Balaban J connectivity index is 2.38. The minimum atomic E-state index is -1.04. The second kappa shape index (κ2) is 8.26. The van der Waals surface area contributed by atoms with E-state index in [9.17, 15) is 9.59 Å². The third kappa shape index (κ3) is 6.01. The third-order valence-corrected chi connectivity index (χ3v) is 2.55. The van der Waals surface area contributed by atoms with E-state index in [0.717, 1.165) is 12.0 Å². The minimum Gasteiger partial charge on any atom is -0.480 e. The number of esters is 1. The normalized spacial score (nSPS) is 11.8. The van der Waals surface area contributed by atoms with Gasteiger partial charge in [-0.25, -0.2) is 0 Å². The van der Waals surface area contributed by atoms with Crippen LogP contribution in [0.5, 0.6) is 0 Å². The number of nitrogens with one attached hydrogen (secondary N) is 1. The van der Waals surface area contributed by atoms with E-state index in [1.807, 2.05) is 37.3 Å². The first-order valence-electron chi connectivity index (χ1n) is 6.29. The van der Waals surface area contributed by atoms with Crippen molar-refractivity contribution in [3.63, 3.8) is 0 Å². The number of carbonyl (C=O) groups excluding carboxylic acids is 1. The van der Waals surface area contributed by atoms with E-state index in [-0.39, 0.29) is 13.0 Å². The lowest BCUT2D eigenvalue weighted by molar-refractivity contribution is -0.150. The molecule has 0 aliphatic rings. The summed E-state index contributed by atoms with van der Waals surface area (Å²) in [6.45, 7) is 2.66. The topological polar surface area (TPSA) is 75.6 Å². The van der Waals surface area contributed by atoms with Gasteiger partial charge in [0, 0.05) is 0 Å². The van der Waals surface area contributed by atoms with E-state index in [4.69, 9.17) is 9.84 Å². The number of aliphatic carboxylic acids is 1. The van der Waals surface area contributed by atoms with Crippen LogP contribution in [0, 0.1) is 0 Å². The van der Waals surface area contributed by atoms with Crippen molar-refractivity contribution >= 4 is 11.9 Å². The van der Waals surface area contributed by atoms with E-state index in [0.29, 0.717) is 6.54 Å². The van der Waals surface area contributed by atoms with Gasteiger partial charge in [0.05, 0.1) is 6.42 Å². The third-order valence-electron chi connectivity index (χ3n) is 2.55. The highest BCUT2D eigenvalue weighted by Gasteiger charge is 2.21. The smallest absolute Gasteiger partial charge is 0.321 e. The highest BCUT2D eigenvalue weighted by atomic mass is 16.5. The molecule has 1 atom stereocenters. The first-order valence-corrected chi connectivity index (χ1v) is 6.29. The molecule has 0 spiro atoms. The summed E-state index contributed by atoms with van der Waals surface area (Å²) in [6, 6.07) is 8.39. The predicted octanol–water partition coefficient (Wildman–Crippen LogP) is 1.57. The fourth-order valence-electron chi connectivity index (χ4n) is 1.53. The van der Waals surface area contributed by atoms with Crippen LogP contribution in [0.3, 0.4) is 0 Å². The first kappa shape index (κ1) is 15.2. The number of carboxylic acid groups (broad SMARTS) is 1. The van der Waals surface area contributed by atoms with Gasteiger partial charge in [-0.15, -0.1) is 0 Å². The van der Waals surface area contributed by atoms with Crippen molar-refractivity contribution in [2.24, 2.45) is 0 Å². The molecule has 0 saturated carbocycles. The molecule has 0 aromatic heterocycles. The molecule has 5 nitrogen and oxygen atoms in total. The van der Waals surface area contributed by atoms with Gasteiger partial charge in [0.25, 0.3) is 0 Å². The van der Waals surface area contributed by atoms with Crippen LogP contribution in [-0.4, -0.2) is 29.6 Å². The second-order valence-electron chi connectivity index (χ2n) is 4.20. The molecule has 0 aliphatic heterocycles.